The molecule has 0 spiro atoms. The van der Waals surface area contributed by atoms with Crippen molar-refractivity contribution >= 4 is 23.2 Å². The van der Waals surface area contributed by atoms with Crippen molar-refractivity contribution in [2.24, 2.45) is 0 Å². The van der Waals surface area contributed by atoms with E-state index >= 15 is 0 Å². The summed E-state index contributed by atoms with van der Waals surface area (Å²) in [5, 5.41) is 7.68. The van der Waals surface area contributed by atoms with Crippen LogP contribution in [0.1, 0.15) is 30.4 Å². The second kappa shape index (κ2) is 10.5. The Bertz CT molecular complexity index is 1090. The summed E-state index contributed by atoms with van der Waals surface area (Å²) in [6.45, 7) is 1.82. The molecule has 4 rings (SSSR count). The summed E-state index contributed by atoms with van der Waals surface area (Å²) < 4.78 is 1.39. The van der Waals surface area contributed by atoms with Crippen molar-refractivity contribution in [3.8, 4) is 0 Å². The Morgan fingerprint density at radius 1 is 1.00 bits per heavy atom. The normalized spacial score (nSPS) is 14.3. The molecule has 1 aromatic heterocycles. The van der Waals surface area contributed by atoms with E-state index in [2.05, 4.69) is 15.3 Å². The molecule has 3 aromatic rings. The summed E-state index contributed by atoms with van der Waals surface area (Å²) in [5.41, 5.74) is 2.54. The lowest BCUT2D eigenvalue weighted by Gasteiger charge is -2.34. The van der Waals surface area contributed by atoms with E-state index in [9.17, 15) is 9.59 Å². The fourth-order valence-electron chi connectivity index (χ4n) is 4.01. The van der Waals surface area contributed by atoms with Gasteiger partial charge in [-0.1, -0.05) is 72.3 Å². The lowest BCUT2D eigenvalue weighted by molar-refractivity contribution is -0.121. The number of aromatic nitrogens is 2. The van der Waals surface area contributed by atoms with Crippen LogP contribution < -0.4 is 15.8 Å². The van der Waals surface area contributed by atoms with Crippen LogP contribution in [0.3, 0.4) is 0 Å². The number of hydrogen-bond donors (Lipinski definition) is 1. The number of amides is 1. The number of halogens is 1. The first-order valence-electron chi connectivity index (χ1n) is 11.0. The molecule has 0 radical (unpaired) electrons. The molecule has 2 aromatic carbocycles. The van der Waals surface area contributed by atoms with E-state index in [0.29, 0.717) is 31.7 Å². The lowest BCUT2D eigenvalue weighted by Crippen LogP contribution is -2.45. The predicted octanol–water partition coefficient (Wildman–Crippen LogP) is 3.66. The van der Waals surface area contributed by atoms with E-state index in [-0.39, 0.29) is 22.5 Å². The van der Waals surface area contributed by atoms with Crippen LogP contribution in [0.2, 0.25) is 5.02 Å². The molecular weight excluding hydrogens is 424 g/mol. The first-order chi connectivity index (χ1) is 15.6. The largest absolute Gasteiger partial charge is 0.369 e. The van der Waals surface area contributed by atoms with Crippen LogP contribution in [-0.4, -0.2) is 34.8 Å². The van der Waals surface area contributed by atoms with Crippen molar-refractivity contribution in [2.75, 3.05) is 18.0 Å². The summed E-state index contributed by atoms with van der Waals surface area (Å²) in [6, 6.07) is 19.9. The Balaban J connectivity index is 1.30. The quantitative estimate of drug-likeness (QED) is 0.596. The molecule has 1 fully saturated rings. The van der Waals surface area contributed by atoms with Crippen LogP contribution in [0.25, 0.3) is 0 Å². The Morgan fingerprint density at radius 3 is 2.28 bits per heavy atom. The Hall–Kier alpha value is -3.12. The van der Waals surface area contributed by atoms with Gasteiger partial charge < -0.3 is 10.2 Å². The highest BCUT2D eigenvalue weighted by Gasteiger charge is 2.23. The maximum Gasteiger partial charge on any atom is 0.287 e. The molecule has 1 N–H and O–H groups in total. The third kappa shape index (κ3) is 5.56. The van der Waals surface area contributed by atoms with Gasteiger partial charge in [-0.15, -0.1) is 0 Å². The van der Waals surface area contributed by atoms with Gasteiger partial charge in [-0.25, -0.2) is 4.68 Å². The first-order valence-corrected chi connectivity index (χ1v) is 11.4. The summed E-state index contributed by atoms with van der Waals surface area (Å²) in [5.74, 6) is 0.0792. The zero-order valence-electron chi connectivity index (χ0n) is 17.9. The van der Waals surface area contributed by atoms with E-state index in [0.717, 1.165) is 24.8 Å². The number of rotatable bonds is 7. The molecular formula is C25H27ClN4O2. The number of carbonyl (C=O) groups is 1. The molecule has 1 amide bonds. The Morgan fingerprint density at radius 2 is 1.62 bits per heavy atom. The number of benzene rings is 2. The molecule has 0 aliphatic carbocycles. The highest BCUT2D eigenvalue weighted by molar-refractivity contribution is 6.33. The number of carbonyl (C=O) groups excluding carboxylic acids is 1. The molecule has 0 saturated carbocycles. The van der Waals surface area contributed by atoms with Crippen molar-refractivity contribution in [1.29, 1.82) is 0 Å². The van der Waals surface area contributed by atoms with Gasteiger partial charge in [0, 0.05) is 25.6 Å². The highest BCUT2D eigenvalue weighted by atomic mass is 35.5. The summed E-state index contributed by atoms with van der Waals surface area (Å²) in [4.78, 5) is 27.1. The third-order valence-corrected chi connectivity index (χ3v) is 6.18. The number of nitrogens with zero attached hydrogens (tertiary/aromatic N) is 3. The van der Waals surface area contributed by atoms with E-state index in [1.807, 2.05) is 60.7 Å². The lowest BCUT2D eigenvalue weighted by atomic mass is 10.0. The van der Waals surface area contributed by atoms with Crippen molar-refractivity contribution in [2.45, 2.75) is 38.3 Å². The fraction of sp³-hybridized carbons (Fsp3) is 0.320. The molecule has 166 valence electrons. The van der Waals surface area contributed by atoms with Gasteiger partial charge in [-0.2, -0.15) is 5.10 Å². The van der Waals surface area contributed by atoms with Gasteiger partial charge in [-0.05, 0) is 30.4 Å². The van der Waals surface area contributed by atoms with Gasteiger partial charge in [-0.3, -0.25) is 9.59 Å². The Kier molecular flexibility index (Phi) is 7.22. The van der Waals surface area contributed by atoms with Gasteiger partial charge in [0.1, 0.15) is 5.02 Å². The van der Waals surface area contributed by atoms with Gasteiger partial charge in [0.25, 0.3) is 5.56 Å². The molecule has 1 aliphatic heterocycles. The number of nitrogens with one attached hydrogen (secondary N) is 1. The van der Waals surface area contributed by atoms with E-state index in [4.69, 9.17) is 11.6 Å². The molecule has 6 nitrogen and oxygen atoms in total. The minimum atomic E-state index is -0.288. The van der Waals surface area contributed by atoms with E-state index < -0.39 is 0 Å². The monoisotopic (exact) mass is 450 g/mol. The van der Waals surface area contributed by atoms with Crippen molar-refractivity contribution in [3.05, 3.63) is 93.4 Å². The van der Waals surface area contributed by atoms with Crippen molar-refractivity contribution in [1.82, 2.24) is 15.1 Å². The topological polar surface area (TPSA) is 67.2 Å². The average Bonchev–Trinajstić information content (AvgIpc) is 2.83. The van der Waals surface area contributed by atoms with Crippen LogP contribution >= 0.6 is 11.6 Å². The van der Waals surface area contributed by atoms with Crippen LogP contribution in [0.15, 0.2) is 71.7 Å². The number of hydrogen-bond acceptors (Lipinski definition) is 4. The van der Waals surface area contributed by atoms with Gasteiger partial charge in [0.15, 0.2) is 0 Å². The van der Waals surface area contributed by atoms with E-state index in [1.165, 1.54) is 10.2 Å². The zero-order valence-corrected chi connectivity index (χ0v) is 18.7. The minimum absolute atomic E-state index is 0.0792. The zero-order chi connectivity index (χ0) is 22.3. The van der Waals surface area contributed by atoms with Crippen LogP contribution in [0.5, 0.6) is 0 Å². The SMILES string of the molecule is O=C(CCc1ccccc1)NC1CCN(c2cnn(Cc3ccccc3)c(=O)c2Cl)CC1. The molecule has 0 bridgehead atoms. The molecule has 7 heteroatoms. The molecule has 0 unspecified atom stereocenters. The number of anilines is 1. The second-order valence-electron chi connectivity index (χ2n) is 8.11. The smallest absolute Gasteiger partial charge is 0.287 e. The molecule has 2 heterocycles. The summed E-state index contributed by atoms with van der Waals surface area (Å²) >= 11 is 6.43. The van der Waals surface area contributed by atoms with E-state index in [1.54, 1.807) is 6.20 Å². The van der Waals surface area contributed by atoms with Crippen molar-refractivity contribution in [3.63, 3.8) is 0 Å². The fourth-order valence-corrected chi connectivity index (χ4v) is 4.28. The Labute approximate surface area is 192 Å². The summed E-state index contributed by atoms with van der Waals surface area (Å²) in [7, 11) is 0. The van der Waals surface area contributed by atoms with Crippen LogP contribution in [0, 0.1) is 0 Å². The van der Waals surface area contributed by atoms with Gasteiger partial charge in [0.05, 0.1) is 18.4 Å². The predicted molar refractivity (Wildman–Crippen MR) is 127 cm³/mol. The molecule has 1 saturated heterocycles. The molecule has 0 atom stereocenters. The molecule has 1 aliphatic rings. The van der Waals surface area contributed by atoms with Crippen molar-refractivity contribution < 1.29 is 4.79 Å². The van der Waals surface area contributed by atoms with Crippen LogP contribution in [-0.2, 0) is 17.8 Å². The standard InChI is InChI=1S/C25H27ClN4O2/c26-24-22(17-27-30(25(24)32)18-20-9-5-2-6-10-20)29-15-13-21(14-16-29)28-23(31)12-11-19-7-3-1-4-8-19/h1-10,17,21H,11-16,18H2,(H,28,31). The maximum atomic E-state index is 12.7. The minimum Gasteiger partial charge on any atom is -0.369 e. The maximum absolute atomic E-state index is 12.7. The van der Waals surface area contributed by atoms with Crippen LogP contribution in [0.4, 0.5) is 5.69 Å². The average molecular weight is 451 g/mol. The number of aryl methyl sites for hydroxylation is 1. The highest BCUT2D eigenvalue weighted by Crippen LogP contribution is 2.25. The van der Waals surface area contributed by atoms with Gasteiger partial charge >= 0.3 is 0 Å². The summed E-state index contributed by atoms with van der Waals surface area (Å²) in [6.07, 6.45) is 4.51. The van der Waals surface area contributed by atoms with Gasteiger partial charge in [0.2, 0.25) is 5.91 Å². The second-order valence-corrected chi connectivity index (χ2v) is 8.48. The first kappa shape index (κ1) is 22.1. The number of piperidine rings is 1. The third-order valence-electron chi connectivity index (χ3n) is 5.83. The molecule has 32 heavy (non-hydrogen) atoms.